The highest BCUT2D eigenvalue weighted by Gasteiger charge is 2.18. The van der Waals surface area contributed by atoms with Crippen molar-refractivity contribution in [1.82, 2.24) is 19.3 Å². The number of anilines is 1. The Kier molecular flexibility index (Phi) is 5.62. The van der Waals surface area contributed by atoms with E-state index in [-0.39, 0.29) is 5.56 Å². The number of H-pyrrole nitrogens is 1. The summed E-state index contributed by atoms with van der Waals surface area (Å²) in [7, 11) is 0. The molecular formula is C23H27N5O. The average molecular weight is 390 g/mol. The van der Waals surface area contributed by atoms with Crippen molar-refractivity contribution in [3.05, 3.63) is 88.2 Å². The quantitative estimate of drug-likeness (QED) is 0.748. The highest BCUT2D eigenvalue weighted by atomic mass is 16.1. The third kappa shape index (κ3) is 4.49. The Morgan fingerprint density at radius 2 is 1.83 bits per heavy atom. The van der Waals surface area contributed by atoms with Crippen molar-refractivity contribution in [2.24, 2.45) is 0 Å². The third-order valence-electron chi connectivity index (χ3n) is 5.44. The lowest BCUT2D eigenvalue weighted by Gasteiger charge is -2.35. The van der Waals surface area contributed by atoms with Crippen LogP contribution in [0.15, 0.2) is 65.8 Å². The van der Waals surface area contributed by atoms with Crippen molar-refractivity contribution in [2.45, 2.75) is 20.4 Å². The Hall–Kier alpha value is -3.12. The first-order chi connectivity index (χ1) is 14.1. The second-order valence-corrected chi connectivity index (χ2v) is 7.57. The van der Waals surface area contributed by atoms with E-state index in [2.05, 4.69) is 55.5 Å². The normalized spacial score (nSPS) is 14.8. The maximum absolute atomic E-state index is 12.4. The second kappa shape index (κ2) is 8.49. The van der Waals surface area contributed by atoms with Gasteiger partial charge in [-0.3, -0.25) is 14.7 Å². The van der Waals surface area contributed by atoms with Crippen LogP contribution < -0.4 is 10.5 Å². The molecule has 4 heterocycles. The number of pyridine rings is 1. The molecule has 1 N–H and O–H groups in total. The van der Waals surface area contributed by atoms with Gasteiger partial charge in [-0.15, -0.1) is 0 Å². The SMILES string of the molecule is Cc1ccccc(C)n2cc(CN3CCN(c4cccnc4)CC3)cc2[nH]c1=O. The summed E-state index contributed by atoms with van der Waals surface area (Å²) in [5.41, 5.74) is 4.89. The van der Waals surface area contributed by atoms with Gasteiger partial charge in [0, 0.05) is 56.4 Å². The summed E-state index contributed by atoms with van der Waals surface area (Å²) in [6.45, 7) is 8.73. The zero-order valence-corrected chi connectivity index (χ0v) is 17.0. The van der Waals surface area contributed by atoms with E-state index in [1.54, 1.807) is 0 Å². The average Bonchev–Trinajstić information content (AvgIpc) is 3.13. The zero-order chi connectivity index (χ0) is 20.2. The predicted octanol–water partition coefficient (Wildman–Crippen LogP) is 3.09. The summed E-state index contributed by atoms with van der Waals surface area (Å²) in [4.78, 5) is 24.5. The third-order valence-corrected chi connectivity index (χ3v) is 5.44. The number of nitrogens with zero attached hydrogens (tertiary/aromatic N) is 4. The number of aryl methyl sites for hydroxylation is 2. The van der Waals surface area contributed by atoms with Crippen molar-refractivity contribution in [3.63, 3.8) is 0 Å². The molecule has 1 aliphatic rings. The number of rotatable bonds is 3. The molecule has 0 aliphatic carbocycles. The van der Waals surface area contributed by atoms with Gasteiger partial charge in [-0.2, -0.15) is 0 Å². The molecule has 6 heteroatoms. The maximum Gasteiger partial charge on any atom is 0.252 e. The first kappa shape index (κ1) is 19.2. The number of nitrogens with one attached hydrogen (secondary N) is 1. The predicted molar refractivity (Wildman–Crippen MR) is 117 cm³/mol. The van der Waals surface area contributed by atoms with Gasteiger partial charge in [-0.05, 0) is 43.7 Å². The van der Waals surface area contributed by atoms with Gasteiger partial charge in [0.25, 0.3) is 5.56 Å². The summed E-state index contributed by atoms with van der Waals surface area (Å²) in [6.07, 6.45) is 5.87. The van der Waals surface area contributed by atoms with Gasteiger partial charge in [-0.25, -0.2) is 0 Å². The molecule has 6 nitrogen and oxygen atoms in total. The second-order valence-electron chi connectivity index (χ2n) is 7.57. The minimum atomic E-state index is -0.0691. The van der Waals surface area contributed by atoms with E-state index in [0.717, 1.165) is 44.1 Å². The maximum atomic E-state index is 12.4. The molecule has 3 aromatic rings. The summed E-state index contributed by atoms with van der Waals surface area (Å²) >= 11 is 0. The van der Waals surface area contributed by atoms with E-state index in [0.29, 0.717) is 5.56 Å². The number of aromatic amines is 1. The minimum Gasteiger partial charge on any atom is -0.368 e. The van der Waals surface area contributed by atoms with Gasteiger partial charge in [0.1, 0.15) is 5.65 Å². The van der Waals surface area contributed by atoms with E-state index >= 15 is 0 Å². The Labute approximate surface area is 170 Å². The fraction of sp³-hybridized carbons (Fsp3) is 0.304. The largest absolute Gasteiger partial charge is 0.368 e. The molecule has 150 valence electrons. The number of piperazine rings is 1. The molecule has 0 spiro atoms. The molecule has 0 aromatic carbocycles. The van der Waals surface area contributed by atoms with Crippen LogP contribution in [0, 0.1) is 13.8 Å². The van der Waals surface area contributed by atoms with Gasteiger partial charge >= 0.3 is 0 Å². The van der Waals surface area contributed by atoms with Gasteiger partial charge in [-0.1, -0.05) is 18.2 Å². The van der Waals surface area contributed by atoms with Crippen molar-refractivity contribution in [3.8, 4) is 0 Å². The number of hydrogen-bond acceptors (Lipinski definition) is 4. The molecule has 4 rings (SSSR count). The molecule has 1 saturated heterocycles. The Morgan fingerprint density at radius 3 is 2.59 bits per heavy atom. The molecule has 3 aromatic heterocycles. The number of hydrogen-bond donors (Lipinski definition) is 1. The highest BCUT2D eigenvalue weighted by molar-refractivity contribution is 5.45. The zero-order valence-electron chi connectivity index (χ0n) is 17.0. The van der Waals surface area contributed by atoms with Crippen LogP contribution in [-0.2, 0) is 6.54 Å². The summed E-state index contributed by atoms with van der Waals surface area (Å²) in [5.74, 6) is 0. The van der Waals surface area contributed by atoms with Crippen molar-refractivity contribution < 1.29 is 0 Å². The molecule has 0 bridgehead atoms. The van der Waals surface area contributed by atoms with Gasteiger partial charge in [0.15, 0.2) is 0 Å². The summed E-state index contributed by atoms with van der Waals surface area (Å²) in [6, 6.07) is 13.9. The van der Waals surface area contributed by atoms with Crippen LogP contribution in [0.2, 0.25) is 0 Å². The smallest absolute Gasteiger partial charge is 0.252 e. The van der Waals surface area contributed by atoms with Crippen LogP contribution in [0.5, 0.6) is 0 Å². The van der Waals surface area contributed by atoms with E-state index in [9.17, 15) is 4.79 Å². The van der Waals surface area contributed by atoms with Crippen LogP contribution in [0.25, 0.3) is 5.65 Å². The van der Waals surface area contributed by atoms with Crippen LogP contribution >= 0.6 is 0 Å². The standard InChI is InChI=1S/C23H27N5O/c1-18-6-3-4-7-19(2)28-17-20(14-22(28)25-23(18)29)16-26-10-12-27(13-11-26)21-8-5-9-24-15-21/h3-9,14-15,17H,10-13,16H2,1-2H3,(H,25,29). The summed E-state index contributed by atoms with van der Waals surface area (Å²) in [5, 5.41) is 0. The van der Waals surface area contributed by atoms with E-state index < -0.39 is 0 Å². The lowest BCUT2D eigenvalue weighted by molar-refractivity contribution is 0.250. The van der Waals surface area contributed by atoms with Gasteiger partial charge < -0.3 is 14.3 Å². The molecule has 0 unspecified atom stereocenters. The fourth-order valence-corrected chi connectivity index (χ4v) is 3.72. The lowest BCUT2D eigenvalue weighted by atomic mass is 10.2. The van der Waals surface area contributed by atoms with Crippen LogP contribution in [0.4, 0.5) is 5.69 Å². The van der Waals surface area contributed by atoms with Crippen molar-refractivity contribution >= 4 is 11.3 Å². The Morgan fingerprint density at radius 1 is 1.03 bits per heavy atom. The van der Waals surface area contributed by atoms with Crippen molar-refractivity contribution in [1.29, 1.82) is 0 Å². The molecule has 0 radical (unpaired) electrons. The highest BCUT2D eigenvalue weighted by Crippen LogP contribution is 2.17. The van der Waals surface area contributed by atoms with E-state index in [4.69, 9.17) is 0 Å². The van der Waals surface area contributed by atoms with Crippen LogP contribution in [0.3, 0.4) is 0 Å². The van der Waals surface area contributed by atoms with E-state index in [1.165, 1.54) is 11.3 Å². The number of aromatic nitrogens is 3. The molecule has 29 heavy (non-hydrogen) atoms. The van der Waals surface area contributed by atoms with Gasteiger partial charge in [0.2, 0.25) is 0 Å². The minimum absolute atomic E-state index is 0.0691. The monoisotopic (exact) mass is 389 g/mol. The van der Waals surface area contributed by atoms with Gasteiger partial charge in [0.05, 0.1) is 11.9 Å². The fourth-order valence-electron chi connectivity index (χ4n) is 3.72. The first-order valence-electron chi connectivity index (χ1n) is 10.0. The first-order valence-corrected chi connectivity index (χ1v) is 10.0. The van der Waals surface area contributed by atoms with Crippen LogP contribution in [-0.4, -0.2) is 45.4 Å². The topological polar surface area (TPSA) is 56.6 Å². The van der Waals surface area contributed by atoms with E-state index in [1.807, 2.05) is 43.6 Å². The van der Waals surface area contributed by atoms with Crippen molar-refractivity contribution in [2.75, 3.05) is 31.1 Å². The lowest BCUT2D eigenvalue weighted by Crippen LogP contribution is -2.45. The molecular weight excluding hydrogens is 362 g/mol. The molecule has 1 fully saturated rings. The number of fused-ring (bicyclic) bond motifs is 1. The molecule has 0 amide bonds. The molecule has 0 saturated carbocycles. The Balaban J connectivity index is 1.55. The van der Waals surface area contributed by atoms with Crippen LogP contribution in [0.1, 0.15) is 16.8 Å². The molecule has 1 aliphatic heterocycles. The molecule has 0 atom stereocenters. The Bertz CT molecular complexity index is 1090. The summed E-state index contributed by atoms with van der Waals surface area (Å²) < 4.78 is 2.06.